The molecule has 0 radical (unpaired) electrons. The van der Waals surface area contributed by atoms with Crippen LogP contribution in [0.15, 0.2) is 49.1 Å². The number of carbonyl (C=O) groups excluding carboxylic acids is 1. The number of rotatable bonds is 2. The van der Waals surface area contributed by atoms with Gasteiger partial charge in [-0.2, -0.15) is 0 Å². The molecular weight excluding hydrogens is 332 g/mol. The highest BCUT2D eigenvalue weighted by Gasteiger charge is 2.42. The average molecular weight is 354 g/mol. The van der Waals surface area contributed by atoms with E-state index in [1.807, 2.05) is 23.2 Å². The van der Waals surface area contributed by atoms with Crippen LogP contribution in [0.1, 0.15) is 10.4 Å². The zero-order valence-electron chi connectivity index (χ0n) is 14.6. The van der Waals surface area contributed by atoms with Gasteiger partial charge in [-0.1, -0.05) is 0 Å². The summed E-state index contributed by atoms with van der Waals surface area (Å²) >= 11 is 0. The van der Waals surface area contributed by atoms with Crippen LogP contribution in [0.3, 0.4) is 0 Å². The molecule has 1 spiro atoms. The summed E-state index contributed by atoms with van der Waals surface area (Å²) in [5, 5.41) is 0. The fraction of sp³-hybridized carbons (Fsp3) is 0.421. The maximum Gasteiger partial charge on any atom is 0.255 e. The fourth-order valence-electron chi connectivity index (χ4n) is 3.54. The molecule has 7 heteroatoms. The molecule has 4 heterocycles. The van der Waals surface area contributed by atoms with Crippen molar-refractivity contribution in [2.75, 3.05) is 50.9 Å². The monoisotopic (exact) mass is 354 g/mol. The molecule has 2 aliphatic heterocycles. The van der Waals surface area contributed by atoms with Crippen molar-refractivity contribution >= 4 is 11.6 Å². The Hall–Kier alpha value is -2.51. The molecule has 4 rings (SSSR count). The highest BCUT2D eigenvalue weighted by atomic mass is 16.5. The summed E-state index contributed by atoms with van der Waals surface area (Å²) in [6, 6.07) is 7.53. The second-order valence-electron chi connectivity index (χ2n) is 6.69. The van der Waals surface area contributed by atoms with Crippen molar-refractivity contribution in [3.05, 3.63) is 54.6 Å². The zero-order chi connectivity index (χ0) is 17.8. The van der Waals surface area contributed by atoms with Crippen LogP contribution in [0.2, 0.25) is 0 Å². The molecule has 2 fully saturated rings. The molecule has 0 aromatic carbocycles. The number of carbonyl (C=O) groups is 1. The summed E-state index contributed by atoms with van der Waals surface area (Å²) in [6.45, 7) is 4.09. The number of aromatic nitrogens is 2. The van der Waals surface area contributed by atoms with E-state index in [1.54, 1.807) is 30.7 Å². The normalized spacial score (nSPS) is 23.7. The quantitative estimate of drug-likeness (QED) is 0.808. The Morgan fingerprint density at radius 3 is 2.65 bits per heavy atom. The lowest BCUT2D eigenvalue weighted by atomic mass is 10.0. The van der Waals surface area contributed by atoms with E-state index < -0.39 is 5.60 Å². The Kier molecular flexibility index (Phi) is 4.81. The van der Waals surface area contributed by atoms with Crippen LogP contribution in [-0.4, -0.2) is 72.4 Å². The number of amides is 1. The van der Waals surface area contributed by atoms with Gasteiger partial charge in [-0.15, -0.1) is 0 Å². The number of ether oxygens (including phenoxy) is 2. The van der Waals surface area contributed by atoms with Crippen LogP contribution in [-0.2, 0) is 9.47 Å². The van der Waals surface area contributed by atoms with Gasteiger partial charge in [0.05, 0.1) is 50.4 Å². The number of hydrogen-bond acceptors (Lipinski definition) is 6. The summed E-state index contributed by atoms with van der Waals surface area (Å²) in [5.74, 6) is -0.0158. The standard InChI is InChI=1S/C19H22N4O3/c24-18(16-3-1-5-20-11-16)23-8-10-26-19(14-23)13-22(7-9-25-15-19)17-4-2-6-21-12-17/h1-6,11-12H,7-10,13-15H2. The second-order valence-corrected chi connectivity index (χ2v) is 6.69. The van der Waals surface area contributed by atoms with E-state index in [4.69, 9.17) is 9.47 Å². The van der Waals surface area contributed by atoms with Crippen LogP contribution in [0.25, 0.3) is 0 Å². The van der Waals surface area contributed by atoms with Gasteiger partial charge in [0, 0.05) is 31.7 Å². The number of anilines is 1. The lowest BCUT2D eigenvalue weighted by molar-refractivity contribution is -0.124. The van der Waals surface area contributed by atoms with Gasteiger partial charge in [0.25, 0.3) is 5.91 Å². The van der Waals surface area contributed by atoms with Gasteiger partial charge in [-0.25, -0.2) is 0 Å². The summed E-state index contributed by atoms with van der Waals surface area (Å²) in [4.78, 5) is 25.2. The minimum atomic E-state index is -0.539. The zero-order valence-corrected chi connectivity index (χ0v) is 14.6. The molecule has 2 saturated heterocycles. The maximum absolute atomic E-state index is 12.8. The van der Waals surface area contributed by atoms with Crippen molar-refractivity contribution in [2.45, 2.75) is 5.60 Å². The van der Waals surface area contributed by atoms with Gasteiger partial charge in [-0.3, -0.25) is 14.8 Å². The molecule has 1 amide bonds. The van der Waals surface area contributed by atoms with Gasteiger partial charge >= 0.3 is 0 Å². The van der Waals surface area contributed by atoms with Gasteiger partial charge in [-0.05, 0) is 24.3 Å². The Balaban J connectivity index is 1.53. The maximum atomic E-state index is 12.8. The Labute approximate surface area is 152 Å². The highest BCUT2D eigenvalue weighted by Crippen LogP contribution is 2.26. The third-order valence-corrected chi connectivity index (χ3v) is 4.80. The highest BCUT2D eigenvalue weighted by molar-refractivity contribution is 5.94. The predicted molar refractivity (Wildman–Crippen MR) is 96.1 cm³/mol. The third-order valence-electron chi connectivity index (χ3n) is 4.80. The lowest BCUT2D eigenvalue weighted by Crippen LogP contribution is -2.60. The number of nitrogens with zero attached hydrogens (tertiary/aromatic N) is 4. The van der Waals surface area contributed by atoms with E-state index in [-0.39, 0.29) is 5.91 Å². The first-order valence-electron chi connectivity index (χ1n) is 8.82. The summed E-state index contributed by atoms with van der Waals surface area (Å²) in [7, 11) is 0. The molecule has 136 valence electrons. The lowest BCUT2D eigenvalue weighted by Gasteiger charge is -2.43. The van der Waals surface area contributed by atoms with Crippen molar-refractivity contribution in [3.8, 4) is 0 Å². The van der Waals surface area contributed by atoms with E-state index in [0.717, 1.165) is 12.2 Å². The van der Waals surface area contributed by atoms with Crippen molar-refractivity contribution in [1.82, 2.24) is 14.9 Å². The van der Waals surface area contributed by atoms with Crippen LogP contribution in [0, 0.1) is 0 Å². The number of morpholine rings is 1. The van der Waals surface area contributed by atoms with Crippen molar-refractivity contribution in [3.63, 3.8) is 0 Å². The Morgan fingerprint density at radius 1 is 1.04 bits per heavy atom. The van der Waals surface area contributed by atoms with E-state index in [9.17, 15) is 4.79 Å². The van der Waals surface area contributed by atoms with Gasteiger partial charge in [0.15, 0.2) is 0 Å². The molecular formula is C19H22N4O3. The van der Waals surface area contributed by atoms with E-state index in [2.05, 4.69) is 14.9 Å². The number of pyridine rings is 2. The van der Waals surface area contributed by atoms with Gasteiger partial charge in [0.1, 0.15) is 5.60 Å². The molecule has 0 aliphatic carbocycles. The molecule has 2 aliphatic rings. The predicted octanol–water partition coefficient (Wildman–Crippen LogP) is 1.22. The average Bonchev–Trinajstić information content (AvgIpc) is 2.91. The largest absolute Gasteiger partial charge is 0.376 e. The van der Waals surface area contributed by atoms with E-state index in [0.29, 0.717) is 45.0 Å². The molecule has 26 heavy (non-hydrogen) atoms. The first-order valence-corrected chi connectivity index (χ1v) is 8.82. The minimum absolute atomic E-state index is 0.0158. The molecule has 0 saturated carbocycles. The van der Waals surface area contributed by atoms with E-state index in [1.165, 1.54) is 0 Å². The van der Waals surface area contributed by atoms with E-state index >= 15 is 0 Å². The molecule has 2 aromatic rings. The number of hydrogen-bond donors (Lipinski definition) is 0. The molecule has 2 aromatic heterocycles. The summed E-state index contributed by atoms with van der Waals surface area (Å²) in [6.07, 6.45) is 6.89. The van der Waals surface area contributed by atoms with Crippen LogP contribution < -0.4 is 4.90 Å². The molecule has 1 unspecified atom stereocenters. The molecule has 0 bridgehead atoms. The molecule has 0 N–H and O–H groups in total. The summed E-state index contributed by atoms with van der Waals surface area (Å²) < 4.78 is 12.0. The minimum Gasteiger partial charge on any atom is -0.376 e. The first-order chi connectivity index (χ1) is 12.8. The van der Waals surface area contributed by atoms with Crippen LogP contribution in [0.5, 0.6) is 0 Å². The van der Waals surface area contributed by atoms with Crippen LogP contribution >= 0.6 is 0 Å². The second kappa shape index (κ2) is 7.39. The first kappa shape index (κ1) is 16.9. The summed E-state index contributed by atoms with van der Waals surface area (Å²) in [5.41, 5.74) is 1.10. The molecule has 1 atom stereocenters. The smallest absolute Gasteiger partial charge is 0.255 e. The van der Waals surface area contributed by atoms with Gasteiger partial charge < -0.3 is 19.3 Å². The van der Waals surface area contributed by atoms with Gasteiger partial charge in [0.2, 0.25) is 0 Å². The fourth-order valence-corrected chi connectivity index (χ4v) is 3.54. The van der Waals surface area contributed by atoms with Crippen molar-refractivity contribution in [2.24, 2.45) is 0 Å². The molecule has 7 nitrogen and oxygen atoms in total. The van der Waals surface area contributed by atoms with Crippen molar-refractivity contribution in [1.29, 1.82) is 0 Å². The van der Waals surface area contributed by atoms with Crippen LogP contribution in [0.4, 0.5) is 5.69 Å². The topological polar surface area (TPSA) is 67.8 Å². The SMILES string of the molecule is O=C(c1cccnc1)N1CCOC2(COCCN(c3cccnc3)C2)C1. The Morgan fingerprint density at radius 2 is 1.88 bits per heavy atom. The van der Waals surface area contributed by atoms with Crippen molar-refractivity contribution < 1.29 is 14.3 Å². The Bertz CT molecular complexity index is 743. The third kappa shape index (κ3) is 3.54.